The molecular formula is C28H42O7. The van der Waals surface area contributed by atoms with Gasteiger partial charge in [-0.15, -0.1) is 0 Å². The van der Waals surface area contributed by atoms with Gasteiger partial charge in [0.15, 0.2) is 11.2 Å². The first-order valence-electron chi connectivity index (χ1n) is 12.9. The Kier molecular flexibility index (Phi) is 11.4. The van der Waals surface area contributed by atoms with Gasteiger partial charge in [0.1, 0.15) is 23.2 Å². The third-order valence-corrected chi connectivity index (χ3v) is 6.20. The fourth-order valence-electron chi connectivity index (χ4n) is 4.36. The zero-order chi connectivity index (χ0) is 26.0. The van der Waals surface area contributed by atoms with Crippen LogP contribution >= 0.6 is 0 Å². The molecule has 1 aromatic carbocycles. The molecule has 0 fully saturated rings. The topological polar surface area (TPSA) is 128 Å². The van der Waals surface area contributed by atoms with E-state index in [2.05, 4.69) is 0 Å². The molecule has 0 bridgehead atoms. The van der Waals surface area contributed by atoms with Crippen LogP contribution in [0, 0.1) is 0 Å². The Morgan fingerprint density at radius 2 is 1.69 bits per heavy atom. The lowest BCUT2D eigenvalue weighted by Crippen LogP contribution is -2.20. The van der Waals surface area contributed by atoms with E-state index in [1.165, 1.54) is 12.1 Å². The summed E-state index contributed by atoms with van der Waals surface area (Å²) in [6.45, 7) is 5.18. The van der Waals surface area contributed by atoms with E-state index >= 15 is 0 Å². The number of aliphatic hydroxyl groups is 3. The second kappa shape index (κ2) is 13.8. The molecule has 2 atom stereocenters. The van der Waals surface area contributed by atoms with E-state index < -0.39 is 17.8 Å². The Balaban J connectivity index is 1.74. The second-order valence-corrected chi connectivity index (χ2v) is 10.4. The van der Waals surface area contributed by atoms with Crippen molar-refractivity contribution >= 4 is 16.8 Å². The average Bonchev–Trinajstić information content (AvgIpc) is 2.73. The first-order valence-corrected chi connectivity index (χ1v) is 12.9. The summed E-state index contributed by atoms with van der Waals surface area (Å²) in [5, 5.41) is 39.9. The van der Waals surface area contributed by atoms with Crippen molar-refractivity contribution in [2.75, 3.05) is 0 Å². The molecule has 0 saturated carbocycles. The Labute approximate surface area is 207 Å². The van der Waals surface area contributed by atoms with Crippen LogP contribution in [-0.2, 0) is 17.6 Å². The summed E-state index contributed by atoms with van der Waals surface area (Å²) < 4.78 is 5.73. The van der Waals surface area contributed by atoms with Gasteiger partial charge in [0, 0.05) is 25.0 Å². The van der Waals surface area contributed by atoms with Crippen LogP contribution in [0.2, 0.25) is 0 Å². The first kappa shape index (κ1) is 29.0. The Hall–Kier alpha value is -2.22. The van der Waals surface area contributed by atoms with Crippen LogP contribution in [0.4, 0.5) is 0 Å². The van der Waals surface area contributed by atoms with Gasteiger partial charge in [0.25, 0.3) is 0 Å². The predicted molar refractivity (Wildman–Crippen MR) is 137 cm³/mol. The number of Topliss-reactive ketones (excluding diaryl/α,β-unsaturated/α-hetero) is 1. The molecule has 2 rings (SSSR count). The molecule has 4 N–H and O–H groups in total. The molecule has 0 saturated heterocycles. The van der Waals surface area contributed by atoms with Crippen LogP contribution in [0.15, 0.2) is 27.4 Å². The van der Waals surface area contributed by atoms with Crippen LogP contribution in [-0.4, -0.2) is 44.0 Å². The summed E-state index contributed by atoms with van der Waals surface area (Å²) in [4.78, 5) is 24.8. The predicted octanol–water partition coefficient (Wildman–Crippen LogP) is 4.57. The number of ketones is 1. The number of phenolic OH excluding ortho intramolecular Hbond substituents is 1. The number of fused-ring (bicyclic) bond motifs is 1. The van der Waals surface area contributed by atoms with E-state index in [9.17, 15) is 30.0 Å². The number of aromatic hydroxyl groups is 1. The van der Waals surface area contributed by atoms with E-state index in [1.54, 1.807) is 26.8 Å². The fourth-order valence-corrected chi connectivity index (χ4v) is 4.36. The van der Waals surface area contributed by atoms with Gasteiger partial charge in [-0.2, -0.15) is 0 Å². The fraction of sp³-hybridized carbons (Fsp3) is 0.643. The molecule has 1 aromatic heterocycles. The summed E-state index contributed by atoms with van der Waals surface area (Å²) >= 11 is 0. The summed E-state index contributed by atoms with van der Waals surface area (Å²) in [5.74, 6) is 0.302. The van der Waals surface area contributed by atoms with Crippen molar-refractivity contribution in [1.82, 2.24) is 0 Å². The van der Waals surface area contributed by atoms with Crippen molar-refractivity contribution in [3.63, 3.8) is 0 Å². The second-order valence-electron chi connectivity index (χ2n) is 10.4. The van der Waals surface area contributed by atoms with Crippen LogP contribution in [0.1, 0.15) is 96.3 Å². The monoisotopic (exact) mass is 490 g/mol. The summed E-state index contributed by atoms with van der Waals surface area (Å²) in [7, 11) is 0. The van der Waals surface area contributed by atoms with Gasteiger partial charge in [-0.25, -0.2) is 0 Å². The van der Waals surface area contributed by atoms with E-state index in [0.717, 1.165) is 44.1 Å². The van der Waals surface area contributed by atoms with Crippen LogP contribution in [0.25, 0.3) is 11.0 Å². The molecule has 7 heteroatoms. The molecule has 0 aliphatic rings. The highest BCUT2D eigenvalue weighted by molar-refractivity contribution is 5.83. The lowest BCUT2D eigenvalue weighted by Gasteiger charge is -2.16. The minimum Gasteiger partial charge on any atom is -0.508 e. The molecule has 1 heterocycles. The first-order chi connectivity index (χ1) is 16.5. The lowest BCUT2D eigenvalue weighted by atomic mass is 9.97. The van der Waals surface area contributed by atoms with Crippen molar-refractivity contribution in [2.45, 2.75) is 116 Å². The highest BCUT2D eigenvalue weighted by Gasteiger charge is 2.16. The van der Waals surface area contributed by atoms with Gasteiger partial charge in [-0.1, -0.05) is 32.1 Å². The normalized spacial score (nSPS) is 13.8. The molecule has 35 heavy (non-hydrogen) atoms. The van der Waals surface area contributed by atoms with Gasteiger partial charge >= 0.3 is 0 Å². The van der Waals surface area contributed by atoms with Crippen molar-refractivity contribution < 1.29 is 29.6 Å². The van der Waals surface area contributed by atoms with Gasteiger partial charge in [-0.3, -0.25) is 9.59 Å². The van der Waals surface area contributed by atoms with E-state index in [1.807, 2.05) is 0 Å². The molecule has 0 spiro atoms. The van der Waals surface area contributed by atoms with Crippen molar-refractivity contribution in [3.8, 4) is 5.75 Å². The summed E-state index contributed by atoms with van der Waals surface area (Å²) in [5.41, 5.74) is 0.199. The number of phenols is 1. The molecule has 0 aliphatic heterocycles. The van der Waals surface area contributed by atoms with E-state index in [0.29, 0.717) is 48.8 Å². The van der Waals surface area contributed by atoms with Gasteiger partial charge in [0.05, 0.1) is 17.1 Å². The maximum absolute atomic E-state index is 12.6. The number of hydrogen-bond acceptors (Lipinski definition) is 7. The Morgan fingerprint density at radius 3 is 2.37 bits per heavy atom. The molecular weight excluding hydrogens is 448 g/mol. The number of unbranched alkanes of at least 4 members (excludes halogenated alkanes) is 5. The van der Waals surface area contributed by atoms with E-state index in [-0.39, 0.29) is 23.4 Å². The highest BCUT2D eigenvalue weighted by atomic mass is 16.3. The number of benzene rings is 1. The van der Waals surface area contributed by atoms with Crippen molar-refractivity contribution in [3.05, 3.63) is 39.7 Å². The smallest absolute Gasteiger partial charge is 0.193 e. The van der Waals surface area contributed by atoms with Gasteiger partial charge < -0.3 is 24.8 Å². The molecule has 7 nitrogen and oxygen atoms in total. The number of aliphatic hydroxyl groups excluding tert-OH is 2. The molecule has 2 unspecified atom stereocenters. The van der Waals surface area contributed by atoms with Crippen molar-refractivity contribution in [2.24, 2.45) is 0 Å². The summed E-state index contributed by atoms with van der Waals surface area (Å²) in [6.07, 6.45) is 6.58. The molecule has 196 valence electrons. The number of carbonyl (C=O) groups excluding carboxylic acids is 1. The van der Waals surface area contributed by atoms with Gasteiger partial charge in [0.2, 0.25) is 0 Å². The minimum absolute atomic E-state index is 0.0319. The Bertz CT molecular complexity index is 1000. The molecule has 2 aromatic rings. The Morgan fingerprint density at radius 1 is 1.00 bits per heavy atom. The van der Waals surface area contributed by atoms with Crippen LogP contribution in [0.3, 0.4) is 0 Å². The zero-order valence-corrected chi connectivity index (χ0v) is 21.4. The maximum Gasteiger partial charge on any atom is 0.193 e. The maximum atomic E-state index is 12.6. The molecule has 0 aliphatic carbocycles. The number of aryl methyl sites for hydroxylation is 1. The minimum atomic E-state index is -0.909. The number of hydrogen-bond donors (Lipinski definition) is 4. The largest absolute Gasteiger partial charge is 0.508 e. The highest BCUT2D eigenvalue weighted by Crippen LogP contribution is 2.25. The van der Waals surface area contributed by atoms with E-state index in [4.69, 9.17) is 4.42 Å². The zero-order valence-electron chi connectivity index (χ0n) is 21.4. The lowest BCUT2D eigenvalue weighted by molar-refractivity contribution is -0.127. The average molecular weight is 491 g/mol. The quantitative estimate of drug-likeness (QED) is 0.254. The third kappa shape index (κ3) is 10.5. The van der Waals surface area contributed by atoms with Crippen LogP contribution in [0.5, 0.6) is 5.75 Å². The number of rotatable bonds is 16. The number of carbonyl (C=O) groups is 1. The van der Waals surface area contributed by atoms with Crippen molar-refractivity contribution in [1.29, 1.82) is 0 Å². The third-order valence-electron chi connectivity index (χ3n) is 6.20. The van der Waals surface area contributed by atoms with Crippen LogP contribution < -0.4 is 5.43 Å². The summed E-state index contributed by atoms with van der Waals surface area (Å²) in [6, 6.07) is 4.42. The molecule has 0 amide bonds. The SMILES string of the molecule is CC(O)Cc1cc(=O)c2c(CCCCCCC(=O)C(O)CCCCCC(C)(C)O)cc(O)cc2o1. The standard InChI is InChI=1S/C28H42O7/c1-19(29)15-22-18-25(33)27-20(16-21(30)17-26(27)35-22)11-7-4-5-8-12-23(31)24(32)13-9-6-10-14-28(2,3)34/h16-19,24,29-30,32,34H,4-15H2,1-3H3. The molecule has 0 radical (unpaired) electrons. The van der Waals surface area contributed by atoms with Gasteiger partial charge in [-0.05, 0) is 64.5 Å².